The third kappa shape index (κ3) is 6.64. The molecule has 184 valence electrons. The number of nitrogens with zero attached hydrogens (tertiary/aromatic N) is 4. The van der Waals surface area contributed by atoms with Crippen molar-refractivity contribution in [3.05, 3.63) is 51.0 Å². The minimum Gasteiger partial charge on any atom is -0.399 e. The molecule has 2 aromatic heterocycles. The van der Waals surface area contributed by atoms with Gasteiger partial charge in [0.25, 0.3) is 11.8 Å². The summed E-state index contributed by atoms with van der Waals surface area (Å²) in [6.45, 7) is 8.46. The number of likely N-dealkylation sites (tertiary alicyclic amines) is 1. The molecule has 1 fully saturated rings. The van der Waals surface area contributed by atoms with Crippen LogP contribution in [0.4, 0.5) is 0 Å². The maximum atomic E-state index is 12.8. The lowest BCUT2D eigenvalue weighted by atomic mass is 9.98. The average molecular weight is 486 g/mol. The fourth-order valence-electron chi connectivity index (χ4n) is 4.73. The predicted molar refractivity (Wildman–Crippen MR) is 135 cm³/mol. The summed E-state index contributed by atoms with van der Waals surface area (Å²) in [4.78, 5) is 38.1. The first-order valence-electron chi connectivity index (χ1n) is 11.7. The van der Waals surface area contributed by atoms with E-state index in [0.717, 1.165) is 55.6 Å². The van der Waals surface area contributed by atoms with E-state index >= 15 is 0 Å². The molecule has 9 heteroatoms. The predicted octanol–water partition coefficient (Wildman–Crippen LogP) is 3.31. The first-order chi connectivity index (χ1) is 16.3. The monoisotopic (exact) mass is 485 g/mol. The molecular formula is C25H35N5O3S. The molecule has 0 unspecified atom stereocenters. The second-order valence-corrected chi connectivity index (χ2v) is 9.70. The van der Waals surface area contributed by atoms with Crippen LogP contribution in [0.2, 0.25) is 0 Å². The number of hydrogen-bond donors (Lipinski definition) is 1. The van der Waals surface area contributed by atoms with Crippen molar-refractivity contribution in [3.8, 4) is 0 Å². The Morgan fingerprint density at radius 3 is 2.71 bits per heavy atom. The Labute approximate surface area is 205 Å². The van der Waals surface area contributed by atoms with Crippen LogP contribution in [0, 0.1) is 13.8 Å². The molecule has 0 bridgehead atoms. The van der Waals surface area contributed by atoms with Gasteiger partial charge in [0.1, 0.15) is 13.3 Å². The number of hydrogen-bond acceptors (Lipinski definition) is 7. The van der Waals surface area contributed by atoms with Crippen molar-refractivity contribution in [3.63, 3.8) is 0 Å². The van der Waals surface area contributed by atoms with Crippen LogP contribution >= 0.6 is 11.3 Å². The van der Waals surface area contributed by atoms with Crippen LogP contribution in [0.5, 0.6) is 0 Å². The van der Waals surface area contributed by atoms with E-state index < -0.39 is 5.91 Å². The van der Waals surface area contributed by atoms with Gasteiger partial charge in [-0.2, -0.15) is 11.3 Å². The molecule has 1 atom stereocenters. The fourth-order valence-corrected chi connectivity index (χ4v) is 5.39. The number of primary amides is 1. The van der Waals surface area contributed by atoms with Gasteiger partial charge in [0.2, 0.25) is 0 Å². The Kier molecular flexibility index (Phi) is 9.18. The van der Waals surface area contributed by atoms with Crippen molar-refractivity contribution >= 4 is 29.4 Å². The number of carbonyl (C=O) groups excluding carboxylic acids is 2. The van der Waals surface area contributed by atoms with Gasteiger partial charge in [0.15, 0.2) is 0 Å². The highest BCUT2D eigenvalue weighted by molar-refractivity contribution is 7.07. The molecule has 2 N–H and O–H groups in total. The van der Waals surface area contributed by atoms with Crippen LogP contribution < -0.4 is 5.73 Å². The number of pyridine rings is 1. The summed E-state index contributed by atoms with van der Waals surface area (Å²) >= 11 is 1.64. The molecular weight excluding hydrogens is 450 g/mol. The quantitative estimate of drug-likeness (QED) is 0.411. The van der Waals surface area contributed by atoms with E-state index in [1.165, 1.54) is 13.3 Å². The summed E-state index contributed by atoms with van der Waals surface area (Å²) in [6.07, 6.45) is 4.93. The third-order valence-corrected chi connectivity index (χ3v) is 7.30. The van der Waals surface area contributed by atoms with Crippen LogP contribution in [0.15, 0.2) is 28.0 Å². The molecule has 0 aliphatic carbocycles. The zero-order valence-electron chi connectivity index (χ0n) is 20.5. The van der Waals surface area contributed by atoms with Gasteiger partial charge in [-0.25, -0.2) is 0 Å². The second-order valence-electron chi connectivity index (χ2n) is 8.92. The van der Waals surface area contributed by atoms with Gasteiger partial charge in [-0.05, 0) is 80.5 Å². The van der Waals surface area contributed by atoms with Crippen LogP contribution in [0.3, 0.4) is 0 Å². The molecule has 0 spiro atoms. The van der Waals surface area contributed by atoms with Crippen molar-refractivity contribution in [2.24, 2.45) is 10.9 Å². The number of rotatable bonds is 10. The lowest BCUT2D eigenvalue weighted by Gasteiger charge is -2.40. The van der Waals surface area contributed by atoms with E-state index in [2.05, 4.69) is 33.4 Å². The Bertz CT molecular complexity index is 977. The van der Waals surface area contributed by atoms with Crippen LogP contribution in [0.25, 0.3) is 0 Å². The van der Waals surface area contributed by atoms with Gasteiger partial charge in [0.05, 0.1) is 11.3 Å². The zero-order valence-corrected chi connectivity index (χ0v) is 21.3. The number of aryl methyl sites for hydroxylation is 3. The molecule has 0 radical (unpaired) electrons. The van der Waals surface area contributed by atoms with Gasteiger partial charge in [-0.3, -0.25) is 14.6 Å². The molecule has 3 rings (SSSR count). The fraction of sp³-hybridized carbons (Fsp3) is 0.520. The smallest absolute Gasteiger partial charge is 0.268 e. The minimum absolute atomic E-state index is 0.115. The number of nitrogens with two attached hydrogens (primary N) is 1. The molecule has 3 heterocycles. The number of carbonyl (C=O) groups is 2. The van der Waals surface area contributed by atoms with E-state index in [-0.39, 0.29) is 11.9 Å². The molecule has 2 aromatic rings. The van der Waals surface area contributed by atoms with Crippen LogP contribution in [0.1, 0.15) is 59.1 Å². The molecule has 0 aromatic carbocycles. The maximum Gasteiger partial charge on any atom is 0.268 e. The van der Waals surface area contributed by atoms with Gasteiger partial charge >= 0.3 is 0 Å². The number of amides is 2. The lowest BCUT2D eigenvalue weighted by molar-refractivity contribution is -0.127. The van der Waals surface area contributed by atoms with Crippen molar-refractivity contribution in [1.82, 2.24) is 14.8 Å². The molecule has 0 saturated carbocycles. The summed E-state index contributed by atoms with van der Waals surface area (Å²) in [5.41, 5.74) is 9.71. The van der Waals surface area contributed by atoms with Gasteiger partial charge in [-0.1, -0.05) is 5.16 Å². The highest BCUT2D eigenvalue weighted by Crippen LogP contribution is 2.23. The number of thiophene rings is 1. The van der Waals surface area contributed by atoms with E-state index in [4.69, 9.17) is 10.6 Å². The van der Waals surface area contributed by atoms with Gasteiger partial charge < -0.3 is 20.4 Å². The molecule has 1 aliphatic heterocycles. The molecule has 1 saturated heterocycles. The summed E-state index contributed by atoms with van der Waals surface area (Å²) < 4.78 is 0. The van der Waals surface area contributed by atoms with E-state index in [1.54, 1.807) is 11.3 Å². The summed E-state index contributed by atoms with van der Waals surface area (Å²) in [6, 6.07) is 4.60. The summed E-state index contributed by atoms with van der Waals surface area (Å²) in [5.74, 6) is -0.541. The van der Waals surface area contributed by atoms with Gasteiger partial charge in [-0.15, -0.1) is 0 Å². The molecule has 8 nitrogen and oxygen atoms in total. The van der Waals surface area contributed by atoms with Crippen LogP contribution in [-0.4, -0.2) is 65.1 Å². The van der Waals surface area contributed by atoms with Crippen molar-refractivity contribution in [2.45, 2.75) is 65.1 Å². The third-order valence-electron chi connectivity index (χ3n) is 6.56. The topological polar surface area (TPSA) is 101 Å². The van der Waals surface area contributed by atoms with Crippen molar-refractivity contribution < 1.29 is 14.4 Å². The van der Waals surface area contributed by atoms with Crippen LogP contribution in [-0.2, 0) is 22.6 Å². The molecule has 34 heavy (non-hydrogen) atoms. The number of piperidine rings is 1. The number of oxime groups is 1. The normalized spacial score (nSPS) is 16.0. The highest BCUT2D eigenvalue weighted by atomic mass is 32.1. The van der Waals surface area contributed by atoms with E-state index in [9.17, 15) is 9.59 Å². The Balaban J connectivity index is 1.56. The zero-order chi connectivity index (χ0) is 24.7. The summed E-state index contributed by atoms with van der Waals surface area (Å²) in [7, 11) is 1.44. The second kappa shape index (κ2) is 12.1. The first kappa shape index (κ1) is 25.8. The molecule has 1 aliphatic rings. The molecule has 2 amide bonds. The lowest BCUT2D eigenvalue weighted by Crippen LogP contribution is -2.49. The minimum atomic E-state index is -0.426. The maximum absolute atomic E-state index is 12.8. The Morgan fingerprint density at radius 2 is 2.12 bits per heavy atom. The van der Waals surface area contributed by atoms with Crippen molar-refractivity contribution in [2.75, 3.05) is 20.2 Å². The van der Waals surface area contributed by atoms with Gasteiger partial charge in [0, 0.05) is 37.4 Å². The average Bonchev–Trinajstić information content (AvgIpc) is 3.32. The largest absolute Gasteiger partial charge is 0.399 e. The number of aromatic nitrogens is 1. The Hall–Kier alpha value is -2.78. The van der Waals surface area contributed by atoms with E-state index in [0.29, 0.717) is 23.8 Å². The van der Waals surface area contributed by atoms with E-state index in [1.807, 2.05) is 30.2 Å². The van der Waals surface area contributed by atoms with Crippen molar-refractivity contribution in [1.29, 1.82) is 0 Å². The standard InChI is InChI=1S/C25H35N5O3S/c1-17-13-21(28-19(3)24(17)25(26)32)6-5-18(2)29-10-7-22(8-11-29)30(23(31)14-27-33-4)15-20-9-12-34-16-20/h9,12-14,16,18,22H,5-8,10-11,15H2,1-4H3,(H2,26,32)/t18-/m1/s1. The Morgan fingerprint density at radius 1 is 1.38 bits per heavy atom. The first-order valence-corrected chi connectivity index (χ1v) is 12.6. The highest BCUT2D eigenvalue weighted by Gasteiger charge is 2.29. The SMILES string of the molecule is CON=CC(=O)N(Cc1ccsc1)C1CCN([C@H](C)CCc2cc(C)c(C(N)=O)c(C)n2)CC1. The summed E-state index contributed by atoms with van der Waals surface area (Å²) in [5, 5.41) is 7.80.